The number of aromatic nitrogens is 1. The molecular formula is C38H51NO2. The van der Waals surface area contributed by atoms with Crippen molar-refractivity contribution in [3.63, 3.8) is 0 Å². The van der Waals surface area contributed by atoms with Crippen LogP contribution in [0.2, 0.25) is 0 Å². The monoisotopic (exact) mass is 553 g/mol. The van der Waals surface area contributed by atoms with Crippen LogP contribution in [0.4, 0.5) is 0 Å². The molecule has 1 saturated heterocycles. The lowest BCUT2D eigenvalue weighted by Crippen LogP contribution is -2.61. The van der Waals surface area contributed by atoms with Crippen molar-refractivity contribution in [2.75, 3.05) is 0 Å². The Bertz CT molecular complexity index is 1470. The third kappa shape index (κ3) is 3.29. The topological polar surface area (TPSA) is 45.2 Å². The van der Waals surface area contributed by atoms with E-state index in [1.165, 1.54) is 66.1 Å². The molecule has 0 spiro atoms. The maximum atomic E-state index is 11.2. The van der Waals surface area contributed by atoms with Gasteiger partial charge in [-0.2, -0.15) is 0 Å². The molecule has 9 unspecified atom stereocenters. The van der Waals surface area contributed by atoms with E-state index < -0.39 is 5.60 Å². The molecule has 41 heavy (non-hydrogen) atoms. The second-order valence-electron chi connectivity index (χ2n) is 16.6. The smallest absolute Gasteiger partial charge is 0.0809 e. The van der Waals surface area contributed by atoms with Gasteiger partial charge in [-0.3, -0.25) is 0 Å². The predicted octanol–water partition coefficient (Wildman–Crippen LogP) is 8.40. The maximum absolute atomic E-state index is 11.2. The number of aromatic amines is 1. The average molecular weight is 554 g/mol. The zero-order chi connectivity index (χ0) is 28.8. The van der Waals surface area contributed by atoms with E-state index in [2.05, 4.69) is 58.0 Å². The first-order valence-corrected chi connectivity index (χ1v) is 16.7. The van der Waals surface area contributed by atoms with Crippen molar-refractivity contribution in [3.05, 3.63) is 58.8 Å². The van der Waals surface area contributed by atoms with E-state index in [-0.39, 0.29) is 16.9 Å². The summed E-state index contributed by atoms with van der Waals surface area (Å²) in [6.45, 7) is 22.7. The zero-order valence-electron chi connectivity index (χ0n) is 26.3. The summed E-state index contributed by atoms with van der Waals surface area (Å²) in [5.74, 6) is 3.83. The number of H-pyrrole nitrogens is 1. The van der Waals surface area contributed by atoms with Crippen LogP contribution in [0.1, 0.15) is 108 Å². The van der Waals surface area contributed by atoms with Crippen LogP contribution in [0.3, 0.4) is 0 Å². The molecule has 5 aliphatic carbocycles. The second-order valence-corrected chi connectivity index (χ2v) is 16.6. The number of hydrogen-bond donors (Lipinski definition) is 2. The van der Waals surface area contributed by atoms with Gasteiger partial charge in [0, 0.05) is 22.0 Å². The first kappa shape index (κ1) is 26.8. The molecule has 0 amide bonds. The lowest BCUT2D eigenvalue weighted by molar-refractivity contribution is -0.184. The van der Waals surface area contributed by atoms with Crippen molar-refractivity contribution in [2.24, 2.45) is 40.9 Å². The van der Waals surface area contributed by atoms with E-state index in [4.69, 9.17) is 4.74 Å². The molecule has 1 aliphatic heterocycles. The summed E-state index contributed by atoms with van der Waals surface area (Å²) in [5.41, 5.74) is 9.87. The van der Waals surface area contributed by atoms with Crippen LogP contribution in [-0.2, 0) is 23.0 Å². The van der Waals surface area contributed by atoms with E-state index in [1.807, 2.05) is 13.8 Å². The van der Waals surface area contributed by atoms with Gasteiger partial charge >= 0.3 is 0 Å². The number of aliphatic hydroxyl groups is 1. The first-order chi connectivity index (χ1) is 19.3. The third-order valence-electron chi connectivity index (χ3n) is 14.3. The Morgan fingerprint density at radius 1 is 1.15 bits per heavy atom. The highest BCUT2D eigenvalue weighted by Crippen LogP contribution is 2.69. The minimum absolute atomic E-state index is 0.156. The van der Waals surface area contributed by atoms with Crippen molar-refractivity contribution < 1.29 is 9.84 Å². The largest absolute Gasteiger partial charge is 0.390 e. The highest BCUT2D eigenvalue weighted by atomic mass is 16.5. The molecular weight excluding hydrogens is 502 g/mol. The lowest BCUT2D eigenvalue weighted by atomic mass is 9.43. The molecule has 11 atom stereocenters. The fourth-order valence-corrected chi connectivity index (χ4v) is 12.1. The lowest BCUT2D eigenvalue weighted by Gasteiger charge is -2.63. The molecule has 0 radical (unpaired) electrons. The molecule has 1 aromatic heterocycles. The van der Waals surface area contributed by atoms with E-state index in [0.717, 1.165) is 12.8 Å². The van der Waals surface area contributed by atoms with E-state index in [0.29, 0.717) is 47.5 Å². The minimum atomic E-state index is -0.667. The summed E-state index contributed by atoms with van der Waals surface area (Å²) in [6.07, 6.45) is 10.3. The second kappa shape index (κ2) is 8.41. The summed E-state index contributed by atoms with van der Waals surface area (Å²) >= 11 is 0. The first-order valence-electron chi connectivity index (χ1n) is 16.7. The molecule has 3 nitrogen and oxygen atoms in total. The standard InChI is InChI=1S/C38H51NO2/c1-19(2)34-21(4)16-25-27-11-10-23-17-26-33-29(39-35(26)38(23,8)37(27,7)14-13-30(25)41-34)12-9-22-15-20(3)24-18-28(36(5,6)40)32(24)31(22)33/h9,12,21,23-25,27-28,30,32,34,39-40H,1,3,10-11,13-18H2,2,4-8H3/t21?,23?,24?,25?,27?,28?,30?,32?,34?,37-,38+/m0/s1. The fourth-order valence-electron chi connectivity index (χ4n) is 12.1. The van der Waals surface area contributed by atoms with Gasteiger partial charge in [-0.25, -0.2) is 0 Å². The van der Waals surface area contributed by atoms with Crippen LogP contribution >= 0.6 is 0 Å². The van der Waals surface area contributed by atoms with Gasteiger partial charge in [-0.1, -0.05) is 51.1 Å². The van der Waals surface area contributed by atoms with Gasteiger partial charge in [-0.05, 0) is 142 Å². The van der Waals surface area contributed by atoms with Crippen molar-refractivity contribution >= 4 is 10.9 Å². The van der Waals surface area contributed by atoms with Crippen LogP contribution in [0, 0.1) is 40.9 Å². The summed E-state index contributed by atoms with van der Waals surface area (Å²) in [6, 6.07) is 4.74. The van der Waals surface area contributed by atoms with Crippen molar-refractivity contribution in [1.82, 2.24) is 4.98 Å². The van der Waals surface area contributed by atoms with Gasteiger partial charge in [-0.15, -0.1) is 0 Å². The molecule has 2 aromatic rings. The quantitative estimate of drug-likeness (QED) is 0.367. The number of allylic oxidation sites excluding steroid dienone is 1. The normalized spacial score (nSPS) is 44.7. The van der Waals surface area contributed by atoms with Gasteiger partial charge in [0.25, 0.3) is 0 Å². The number of rotatable bonds is 2. The van der Waals surface area contributed by atoms with Crippen LogP contribution < -0.4 is 0 Å². The van der Waals surface area contributed by atoms with E-state index in [9.17, 15) is 5.11 Å². The summed E-state index contributed by atoms with van der Waals surface area (Å²) < 4.78 is 6.82. The molecule has 4 fully saturated rings. The maximum Gasteiger partial charge on any atom is 0.0809 e. The summed E-state index contributed by atoms with van der Waals surface area (Å²) in [5, 5.41) is 12.7. The van der Waals surface area contributed by atoms with Crippen molar-refractivity contribution in [2.45, 2.75) is 122 Å². The Labute approximate surface area is 247 Å². The van der Waals surface area contributed by atoms with Crippen molar-refractivity contribution in [3.8, 4) is 0 Å². The molecule has 3 saturated carbocycles. The van der Waals surface area contributed by atoms with Crippen LogP contribution in [0.25, 0.3) is 10.9 Å². The number of benzene rings is 1. The van der Waals surface area contributed by atoms with Crippen molar-refractivity contribution in [1.29, 1.82) is 0 Å². The predicted molar refractivity (Wildman–Crippen MR) is 167 cm³/mol. The Hall–Kier alpha value is -1.84. The third-order valence-corrected chi connectivity index (χ3v) is 14.3. The number of nitrogens with one attached hydrogen (secondary N) is 1. The van der Waals surface area contributed by atoms with Crippen LogP contribution in [-0.4, -0.2) is 27.9 Å². The van der Waals surface area contributed by atoms with E-state index in [1.54, 1.807) is 16.8 Å². The molecule has 3 heteroatoms. The zero-order valence-corrected chi connectivity index (χ0v) is 26.3. The molecule has 2 N–H and O–H groups in total. The fraction of sp³-hybridized carbons (Fsp3) is 0.684. The van der Waals surface area contributed by atoms with Crippen LogP contribution in [0.15, 0.2) is 36.4 Å². The summed E-state index contributed by atoms with van der Waals surface area (Å²) in [4.78, 5) is 4.12. The highest BCUT2D eigenvalue weighted by molar-refractivity contribution is 5.91. The molecule has 0 bridgehead atoms. The van der Waals surface area contributed by atoms with Gasteiger partial charge in [0.05, 0.1) is 17.8 Å². The SMILES string of the molecule is C=C1Cc2ccc3[nH]c4c(c3c2C2C1CC2C(C)(C)O)CC1CCC2C3CC(C)C(C(=C)C)OC3CC[C@]2(C)[C@@]41C. The van der Waals surface area contributed by atoms with Crippen LogP contribution in [0.5, 0.6) is 0 Å². The summed E-state index contributed by atoms with van der Waals surface area (Å²) in [7, 11) is 0. The Morgan fingerprint density at radius 3 is 2.66 bits per heavy atom. The molecule has 1 aromatic carbocycles. The van der Waals surface area contributed by atoms with Gasteiger partial charge in [0.2, 0.25) is 0 Å². The Morgan fingerprint density at radius 2 is 1.93 bits per heavy atom. The van der Waals surface area contributed by atoms with Gasteiger partial charge in [0.1, 0.15) is 0 Å². The number of ether oxygens (including phenoxy) is 1. The Balaban J connectivity index is 1.23. The Kier molecular flexibility index (Phi) is 5.49. The number of fused-ring (bicyclic) bond motifs is 13. The molecule has 2 heterocycles. The number of hydrogen-bond acceptors (Lipinski definition) is 2. The molecule has 8 rings (SSSR count). The van der Waals surface area contributed by atoms with Gasteiger partial charge < -0.3 is 14.8 Å². The minimum Gasteiger partial charge on any atom is -0.390 e. The molecule has 220 valence electrons. The van der Waals surface area contributed by atoms with E-state index >= 15 is 0 Å². The highest BCUT2D eigenvalue weighted by Gasteiger charge is 2.65. The molecule has 6 aliphatic rings. The van der Waals surface area contributed by atoms with Gasteiger partial charge in [0.15, 0.2) is 0 Å². The average Bonchev–Trinajstić information content (AvgIpc) is 3.37.